The van der Waals surface area contributed by atoms with Crippen LogP contribution in [-0.4, -0.2) is 39.0 Å². The van der Waals surface area contributed by atoms with Gasteiger partial charge in [0.15, 0.2) is 23.6 Å². The van der Waals surface area contributed by atoms with Crippen LogP contribution in [0.4, 0.5) is 19.0 Å². The van der Waals surface area contributed by atoms with E-state index in [4.69, 9.17) is 9.72 Å². The molecule has 2 aromatic heterocycles. The van der Waals surface area contributed by atoms with Crippen molar-refractivity contribution in [2.75, 3.05) is 12.4 Å². The molecule has 0 unspecified atom stereocenters. The molecule has 10 heteroatoms. The molecule has 2 aromatic carbocycles. The second-order valence-electron chi connectivity index (χ2n) is 8.94. The number of methoxy groups -OCH3 is 1. The van der Waals surface area contributed by atoms with Crippen LogP contribution >= 0.6 is 0 Å². The average Bonchev–Trinajstić information content (AvgIpc) is 3.66. The van der Waals surface area contributed by atoms with Crippen molar-refractivity contribution in [1.29, 1.82) is 0 Å². The van der Waals surface area contributed by atoms with Crippen molar-refractivity contribution in [3.8, 4) is 17.1 Å². The molecule has 4 aromatic rings. The Bertz CT molecular complexity index is 1410. The van der Waals surface area contributed by atoms with Crippen LogP contribution in [-0.2, 0) is 12.7 Å². The van der Waals surface area contributed by atoms with Gasteiger partial charge in [-0.3, -0.25) is 4.79 Å². The fraction of sp³-hybridized carbons (Fsp3) is 0.308. The number of nitrogens with one attached hydrogen (secondary N) is 1. The molecule has 2 heterocycles. The average molecular weight is 496 g/mol. The van der Waals surface area contributed by atoms with Crippen LogP contribution in [0.15, 0.2) is 48.5 Å². The first-order valence-corrected chi connectivity index (χ1v) is 11.6. The summed E-state index contributed by atoms with van der Waals surface area (Å²) in [5.41, 5.74) is 1.56. The number of anilines is 1. The summed E-state index contributed by atoms with van der Waals surface area (Å²) < 4.78 is 46.5. The second kappa shape index (κ2) is 9.25. The molecule has 1 atom stereocenters. The molecule has 0 radical (unpaired) electrons. The van der Waals surface area contributed by atoms with Gasteiger partial charge in [0, 0.05) is 18.2 Å². The molecule has 1 aliphatic carbocycles. The normalized spacial score (nSPS) is 14.6. The van der Waals surface area contributed by atoms with Gasteiger partial charge in [-0.25, -0.2) is 15.0 Å². The topological polar surface area (TPSA) is 81.9 Å². The zero-order valence-corrected chi connectivity index (χ0v) is 19.7. The lowest BCUT2D eigenvalue weighted by Gasteiger charge is -2.17. The summed E-state index contributed by atoms with van der Waals surface area (Å²) in [5.74, 6) is 2.14. The minimum absolute atomic E-state index is 0.00405. The number of halogens is 3. The van der Waals surface area contributed by atoms with Gasteiger partial charge in [0.2, 0.25) is 0 Å². The third-order valence-corrected chi connectivity index (χ3v) is 6.37. The van der Waals surface area contributed by atoms with Crippen LogP contribution in [0.3, 0.4) is 0 Å². The van der Waals surface area contributed by atoms with Gasteiger partial charge in [0.05, 0.1) is 12.7 Å². The van der Waals surface area contributed by atoms with E-state index in [2.05, 4.69) is 22.2 Å². The maximum Gasteiger partial charge on any atom is 0.416 e. The van der Waals surface area contributed by atoms with Crippen molar-refractivity contribution in [2.45, 2.75) is 38.5 Å². The molecule has 186 valence electrons. The highest BCUT2D eigenvalue weighted by Gasteiger charge is 2.31. The SMILES string of the molecule is COc1cccc(-c2nc3nc(C=O)nc(N[C@H](C)C4CC4)c3n2Cc2ccc(C(F)(F)F)cc2)c1. The van der Waals surface area contributed by atoms with Crippen LogP contribution in [0.2, 0.25) is 0 Å². The monoisotopic (exact) mass is 495 g/mol. The van der Waals surface area contributed by atoms with Gasteiger partial charge in [-0.2, -0.15) is 13.2 Å². The minimum Gasteiger partial charge on any atom is -0.497 e. The summed E-state index contributed by atoms with van der Waals surface area (Å²) in [6, 6.07) is 12.5. The summed E-state index contributed by atoms with van der Waals surface area (Å²) in [4.78, 5) is 25.1. The zero-order valence-electron chi connectivity index (χ0n) is 19.7. The molecule has 0 saturated heterocycles. The van der Waals surface area contributed by atoms with E-state index in [0.29, 0.717) is 46.3 Å². The Hall–Kier alpha value is -3.95. The first-order valence-electron chi connectivity index (χ1n) is 11.6. The van der Waals surface area contributed by atoms with Crippen LogP contribution in [0.25, 0.3) is 22.6 Å². The van der Waals surface area contributed by atoms with Crippen LogP contribution in [0, 0.1) is 5.92 Å². The Morgan fingerprint density at radius 3 is 2.53 bits per heavy atom. The Kier molecular flexibility index (Phi) is 6.11. The number of nitrogens with zero attached hydrogens (tertiary/aromatic N) is 4. The van der Waals surface area contributed by atoms with Crippen molar-refractivity contribution in [2.24, 2.45) is 5.92 Å². The summed E-state index contributed by atoms with van der Waals surface area (Å²) in [6.45, 7) is 2.28. The lowest BCUT2D eigenvalue weighted by Crippen LogP contribution is -2.20. The number of carbonyl (C=O) groups is 1. The van der Waals surface area contributed by atoms with Crippen LogP contribution in [0.1, 0.15) is 41.5 Å². The van der Waals surface area contributed by atoms with E-state index in [-0.39, 0.29) is 18.4 Å². The Balaban J connectivity index is 1.67. The molecule has 7 nitrogen and oxygen atoms in total. The van der Waals surface area contributed by atoms with Gasteiger partial charge in [0.25, 0.3) is 0 Å². The molecule has 0 spiro atoms. The van der Waals surface area contributed by atoms with E-state index in [1.807, 2.05) is 22.8 Å². The third-order valence-electron chi connectivity index (χ3n) is 6.37. The van der Waals surface area contributed by atoms with Crippen molar-refractivity contribution >= 4 is 23.3 Å². The van der Waals surface area contributed by atoms with Gasteiger partial charge in [-0.05, 0) is 55.5 Å². The predicted octanol–water partition coefficient (Wildman–Crippen LogP) is 5.59. The number of rotatable bonds is 8. The van der Waals surface area contributed by atoms with Gasteiger partial charge in [-0.15, -0.1) is 0 Å². The molecular formula is C26H24F3N5O2. The Morgan fingerprint density at radius 1 is 1.14 bits per heavy atom. The molecule has 1 aliphatic rings. The quantitative estimate of drug-likeness (QED) is 0.321. The predicted molar refractivity (Wildman–Crippen MR) is 129 cm³/mol. The Morgan fingerprint density at radius 2 is 1.89 bits per heavy atom. The highest BCUT2D eigenvalue weighted by atomic mass is 19.4. The molecule has 0 bridgehead atoms. The highest BCUT2D eigenvalue weighted by molar-refractivity contribution is 5.89. The van der Waals surface area contributed by atoms with E-state index < -0.39 is 11.7 Å². The number of alkyl halides is 3. The fourth-order valence-electron chi connectivity index (χ4n) is 4.25. The number of hydrogen-bond acceptors (Lipinski definition) is 6. The number of carbonyl (C=O) groups excluding carboxylic acids is 1. The van der Waals surface area contributed by atoms with E-state index in [9.17, 15) is 18.0 Å². The number of benzene rings is 2. The molecule has 5 rings (SSSR count). The van der Waals surface area contributed by atoms with Gasteiger partial charge in [-0.1, -0.05) is 24.3 Å². The first kappa shape index (κ1) is 23.8. The number of fused-ring (bicyclic) bond motifs is 1. The summed E-state index contributed by atoms with van der Waals surface area (Å²) in [7, 11) is 1.56. The van der Waals surface area contributed by atoms with Crippen molar-refractivity contribution in [3.63, 3.8) is 0 Å². The van der Waals surface area contributed by atoms with E-state index in [1.54, 1.807) is 13.2 Å². The van der Waals surface area contributed by atoms with Gasteiger partial charge < -0.3 is 14.6 Å². The summed E-state index contributed by atoms with van der Waals surface area (Å²) in [5, 5.41) is 3.42. The maximum atomic E-state index is 13.1. The third kappa shape index (κ3) is 4.75. The standard InChI is InChI=1S/C26H24F3N5O2/c1-15(17-8-9-17)30-23-22-24(32-21(14-35)31-23)33-25(18-4-3-5-20(12-18)36-2)34(22)13-16-6-10-19(11-7-16)26(27,28)29/h3-7,10-12,14-15,17H,8-9,13H2,1-2H3,(H,30,31,32)/t15-/m1/s1. The molecule has 36 heavy (non-hydrogen) atoms. The van der Waals surface area contributed by atoms with Crippen LogP contribution < -0.4 is 10.1 Å². The summed E-state index contributed by atoms with van der Waals surface area (Å²) in [6.07, 6.45) is -1.61. The molecule has 1 saturated carbocycles. The largest absolute Gasteiger partial charge is 0.497 e. The molecule has 1 N–H and O–H groups in total. The molecule has 0 aliphatic heterocycles. The van der Waals surface area contributed by atoms with Crippen molar-refractivity contribution < 1.29 is 22.7 Å². The number of imidazole rings is 1. The molecular weight excluding hydrogens is 471 g/mol. The molecule has 0 amide bonds. The van der Waals surface area contributed by atoms with Gasteiger partial charge in [0.1, 0.15) is 17.1 Å². The first-order chi connectivity index (χ1) is 17.3. The summed E-state index contributed by atoms with van der Waals surface area (Å²) >= 11 is 0. The number of aromatic nitrogens is 4. The second-order valence-corrected chi connectivity index (χ2v) is 8.94. The van der Waals surface area contributed by atoms with Gasteiger partial charge >= 0.3 is 6.18 Å². The maximum absolute atomic E-state index is 13.1. The molecule has 1 fully saturated rings. The van der Waals surface area contributed by atoms with E-state index >= 15 is 0 Å². The Labute approximate surface area is 205 Å². The van der Waals surface area contributed by atoms with E-state index in [1.165, 1.54) is 12.1 Å². The fourth-order valence-corrected chi connectivity index (χ4v) is 4.25. The smallest absolute Gasteiger partial charge is 0.416 e. The van der Waals surface area contributed by atoms with Crippen LogP contribution in [0.5, 0.6) is 5.75 Å². The zero-order chi connectivity index (χ0) is 25.4. The lowest BCUT2D eigenvalue weighted by molar-refractivity contribution is -0.137. The van der Waals surface area contributed by atoms with E-state index in [0.717, 1.165) is 30.5 Å². The number of ether oxygens (including phenoxy) is 1. The minimum atomic E-state index is -4.42. The number of hydrogen-bond donors (Lipinski definition) is 1. The lowest BCUT2D eigenvalue weighted by atomic mass is 10.1. The van der Waals surface area contributed by atoms with Crippen molar-refractivity contribution in [3.05, 3.63) is 65.5 Å². The van der Waals surface area contributed by atoms with Crippen molar-refractivity contribution in [1.82, 2.24) is 19.5 Å². The number of aldehydes is 1. The highest BCUT2D eigenvalue weighted by Crippen LogP contribution is 2.36.